The first-order valence-corrected chi connectivity index (χ1v) is 6.98. The number of aromatic nitrogens is 1. The summed E-state index contributed by atoms with van der Waals surface area (Å²) >= 11 is 0. The Kier molecular flexibility index (Phi) is 6.50. The fourth-order valence-electron chi connectivity index (χ4n) is 1.75. The van der Waals surface area contributed by atoms with Crippen molar-refractivity contribution in [2.75, 3.05) is 6.54 Å². The lowest BCUT2D eigenvalue weighted by Gasteiger charge is -2.15. The lowest BCUT2D eigenvalue weighted by molar-refractivity contribution is -0.122. The Morgan fingerprint density at radius 3 is 2.74 bits per heavy atom. The predicted molar refractivity (Wildman–Crippen MR) is 77.8 cm³/mol. The standard InChI is InChI=1S/C15H25N3O/c1-5-13-7-6-8-16-14(13)10-17-12(4)15(19)18-9-11(2)3/h6-8,11-12,17H,5,9-10H2,1-4H3,(H,18,19). The summed E-state index contributed by atoms with van der Waals surface area (Å²) in [6.45, 7) is 9.50. The van der Waals surface area contributed by atoms with Crippen molar-refractivity contribution in [3.8, 4) is 0 Å². The van der Waals surface area contributed by atoms with Crippen LogP contribution in [0.3, 0.4) is 0 Å². The number of rotatable bonds is 7. The van der Waals surface area contributed by atoms with Crippen molar-refractivity contribution < 1.29 is 4.79 Å². The highest BCUT2D eigenvalue weighted by atomic mass is 16.2. The summed E-state index contributed by atoms with van der Waals surface area (Å²) in [6.07, 6.45) is 2.75. The maximum Gasteiger partial charge on any atom is 0.236 e. The Bertz CT molecular complexity index is 404. The van der Waals surface area contributed by atoms with Gasteiger partial charge in [0.15, 0.2) is 0 Å². The maximum atomic E-state index is 11.8. The average molecular weight is 263 g/mol. The molecule has 1 aromatic heterocycles. The third-order valence-electron chi connectivity index (χ3n) is 3.02. The molecule has 0 spiro atoms. The zero-order chi connectivity index (χ0) is 14.3. The first-order valence-electron chi connectivity index (χ1n) is 6.98. The molecule has 0 saturated carbocycles. The van der Waals surface area contributed by atoms with Gasteiger partial charge in [0.25, 0.3) is 0 Å². The fourth-order valence-corrected chi connectivity index (χ4v) is 1.75. The van der Waals surface area contributed by atoms with E-state index in [1.54, 1.807) is 6.20 Å². The largest absolute Gasteiger partial charge is 0.354 e. The number of hydrogen-bond donors (Lipinski definition) is 2. The molecule has 1 unspecified atom stereocenters. The van der Waals surface area contributed by atoms with Gasteiger partial charge < -0.3 is 10.6 Å². The molecule has 1 aromatic rings. The second-order valence-corrected chi connectivity index (χ2v) is 5.20. The van der Waals surface area contributed by atoms with Gasteiger partial charge in [-0.15, -0.1) is 0 Å². The number of carbonyl (C=O) groups is 1. The van der Waals surface area contributed by atoms with Gasteiger partial charge in [-0.2, -0.15) is 0 Å². The summed E-state index contributed by atoms with van der Waals surface area (Å²) in [6, 6.07) is 3.82. The van der Waals surface area contributed by atoms with E-state index in [4.69, 9.17) is 0 Å². The molecule has 1 rings (SSSR count). The summed E-state index contributed by atoms with van der Waals surface area (Å²) in [5, 5.41) is 6.15. The lowest BCUT2D eigenvalue weighted by Crippen LogP contribution is -2.43. The van der Waals surface area contributed by atoms with Crippen molar-refractivity contribution in [2.45, 2.75) is 46.7 Å². The minimum atomic E-state index is -0.203. The average Bonchev–Trinajstić information content (AvgIpc) is 2.42. The minimum absolute atomic E-state index is 0.0441. The van der Waals surface area contributed by atoms with E-state index in [1.165, 1.54) is 5.56 Å². The first-order chi connectivity index (χ1) is 9.04. The molecule has 0 radical (unpaired) electrons. The Morgan fingerprint density at radius 2 is 2.11 bits per heavy atom. The highest BCUT2D eigenvalue weighted by Gasteiger charge is 2.12. The molecule has 0 aliphatic carbocycles. The van der Waals surface area contributed by atoms with Crippen LogP contribution in [0.5, 0.6) is 0 Å². The van der Waals surface area contributed by atoms with Crippen LogP contribution in [0.15, 0.2) is 18.3 Å². The third-order valence-corrected chi connectivity index (χ3v) is 3.02. The molecule has 0 fully saturated rings. The number of aryl methyl sites for hydroxylation is 1. The Hall–Kier alpha value is -1.42. The highest BCUT2D eigenvalue weighted by Crippen LogP contribution is 2.05. The van der Waals surface area contributed by atoms with Gasteiger partial charge in [0, 0.05) is 19.3 Å². The van der Waals surface area contributed by atoms with Gasteiger partial charge in [-0.1, -0.05) is 26.8 Å². The first kappa shape index (κ1) is 15.6. The molecule has 19 heavy (non-hydrogen) atoms. The van der Waals surface area contributed by atoms with Crippen molar-refractivity contribution in [2.24, 2.45) is 5.92 Å². The van der Waals surface area contributed by atoms with Crippen LogP contribution >= 0.6 is 0 Å². The molecule has 4 heteroatoms. The van der Waals surface area contributed by atoms with Crippen molar-refractivity contribution in [1.29, 1.82) is 0 Å². The number of nitrogens with one attached hydrogen (secondary N) is 2. The zero-order valence-corrected chi connectivity index (χ0v) is 12.4. The van der Waals surface area contributed by atoms with Crippen molar-refractivity contribution in [3.05, 3.63) is 29.6 Å². The molecular weight excluding hydrogens is 238 g/mol. The van der Waals surface area contributed by atoms with Gasteiger partial charge in [-0.05, 0) is 30.9 Å². The monoisotopic (exact) mass is 263 g/mol. The summed E-state index contributed by atoms with van der Waals surface area (Å²) < 4.78 is 0. The molecule has 2 N–H and O–H groups in total. The number of carbonyl (C=O) groups excluding carboxylic acids is 1. The second-order valence-electron chi connectivity index (χ2n) is 5.20. The van der Waals surface area contributed by atoms with Crippen molar-refractivity contribution in [3.63, 3.8) is 0 Å². The number of amides is 1. The van der Waals surface area contributed by atoms with Gasteiger partial charge >= 0.3 is 0 Å². The molecule has 0 aliphatic heterocycles. The van der Waals surface area contributed by atoms with E-state index < -0.39 is 0 Å². The molecular formula is C15H25N3O. The zero-order valence-electron chi connectivity index (χ0n) is 12.4. The van der Waals surface area contributed by atoms with E-state index >= 15 is 0 Å². The van der Waals surface area contributed by atoms with Crippen LogP contribution in [-0.2, 0) is 17.8 Å². The summed E-state index contributed by atoms with van der Waals surface area (Å²) in [5.41, 5.74) is 2.25. The van der Waals surface area contributed by atoms with E-state index in [2.05, 4.69) is 42.5 Å². The van der Waals surface area contributed by atoms with Gasteiger partial charge in [-0.25, -0.2) is 0 Å². The minimum Gasteiger partial charge on any atom is -0.354 e. The van der Waals surface area contributed by atoms with Crippen LogP contribution in [0.4, 0.5) is 0 Å². The van der Waals surface area contributed by atoms with E-state index in [1.807, 2.05) is 13.0 Å². The molecule has 1 amide bonds. The fraction of sp³-hybridized carbons (Fsp3) is 0.600. The van der Waals surface area contributed by atoms with E-state index in [9.17, 15) is 4.79 Å². The van der Waals surface area contributed by atoms with Crippen molar-refractivity contribution in [1.82, 2.24) is 15.6 Å². The molecule has 0 aliphatic rings. The summed E-state index contributed by atoms with van der Waals surface area (Å²) in [7, 11) is 0. The van der Waals surface area contributed by atoms with Gasteiger partial charge in [-0.3, -0.25) is 9.78 Å². The molecule has 1 atom stereocenters. The normalized spacial score (nSPS) is 12.5. The van der Waals surface area contributed by atoms with Crippen LogP contribution in [0.1, 0.15) is 39.0 Å². The highest BCUT2D eigenvalue weighted by molar-refractivity contribution is 5.81. The third kappa shape index (κ3) is 5.39. The van der Waals surface area contributed by atoms with Crippen LogP contribution in [0.2, 0.25) is 0 Å². The molecule has 0 saturated heterocycles. The van der Waals surface area contributed by atoms with Crippen molar-refractivity contribution >= 4 is 5.91 Å². The Labute approximate surface area is 116 Å². The predicted octanol–water partition coefficient (Wildman–Crippen LogP) is 1.89. The molecule has 0 aromatic carbocycles. The van der Waals surface area contributed by atoms with Crippen LogP contribution in [0.25, 0.3) is 0 Å². The number of pyridine rings is 1. The smallest absolute Gasteiger partial charge is 0.236 e. The maximum absolute atomic E-state index is 11.8. The SMILES string of the molecule is CCc1cccnc1CNC(C)C(=O)NCC(C)C. The number of hydrogen-bond acceptors (Lipinski definition) is 3. The second kappa shape index (κ2) is 7.89. The number of nitrogens with zero attached hydrogens (tertiary/aromatic N) is 1. The lowest BCUT2D eigenvalue weighted by atomic mass is 10.1. The van der Waals surface area contributed by atoms with Gasteiger partial charge in [0.2, 0.25) is 5.91 Å². The Balaban J connectivity index is 2.45. The molecule has 106 valence electrons. The summed E-state index contributed by atoms with van der Waals surface area (Å²) in [4.78, 5) is 16.2. The van der Waals surface area contributed by atoms with Gasteiger partial charge in [0.05, 0.1) is 11.7 Å². The van der Waals surface area contributed by atoms with E-state index in [-0.39, 0.29) is 11.9 Å². The molecule has 0 bridgehead atoms. The van der Waals surface area contributed by atoms with Crippen LogP contribution in [-0.4, -0.2) is 23.5 Å². The van der Waals surface area contributed by atoms with Crippen LogP contribution < -0.4 is 10.6 Å². The topological polar surface area (TPSA) is 54.0 Å². The Morgan fingerprint density at radius 1 is 1.37 bits per heavy atom. The van der Waals surface area contributed by atoms with E-state index in [0.29, 0.717) is 19.0 Å². The molecule has 1 heterocycles. The van der Waals surface area contributed by atoms with Crippen LogP contribution in [0, 0.1) is 5.92 Å². The summed E-state index contributed by atoms with van der Waals surface area (Å²) in [5.74, 6) is 0.515. The quantitative estimate of drug-likeness (QED) is 0.790. The van der Waals surface area contributed by atoms with Gasteiger partial charge in [0.1, 0.15) is 0 Å². The molecule has 4 nitrogen and oxygen atoms in total. The van der Waals surface area contributed by atoms with E-state index in [0.717, 1.165) is 12.1 Å².